The number of nitrogens with one attached hydrogen (secondary N) is 1. The minimum absolute atomic E-state index is 0.0269. The summed E-state index contributed by atoms with van der Waals surface area (Å²) in [5, 5.41) is 14.2. The summed E-state index contributed by atoms with van der Waals surface area (Å²) >= 11 is 0. The van der Waals surface area contributed by atoms with E-state index in [0.29, 0.717) is 6.54 Å². The van der Waals surface area contributed by atoms with Gasteiger partial charge < -0.3 is 11.1 Å². The summed E-state index contributed by atoms with van der Waals surface area (Å²) in [6, 6.07) is 4.92. The topological polar surface area (TPSA) is 81.2 Å². The van der Waals surface area contributed by atoms with Gasteiger partial charge in [0.05, 0.1) is 4.92 Å². The van der Waals surface area contributed by atoms with Crippen LogP contribution in [0.15, 0.2) is 18.2 Å². The molecule has 1 aliphatic rings. The average molecular weight is 249 g/mol. The Kier molecular flexibility index (Phi) is 3.52. The van der Waals surface area contributed by atoms with Crippen LogP contribution in [0.1, 0.15) is 31.2 Å². The fourth-order valence-electron chi connectivity index (χ4n) is 2.62. The first kappa shape index (κ1) is 12.8. The van der Waals surface area contributed by atoms with Gasteiger partial charge in [0.25, 0.3) is 5.69 Å². The lowest BCUT2D eigenvalue weighted by molar-refractivity contribution is -0.384. The van der Waals surface area contributed by atoms with E-state index in [1.54, 1.807) is 12.1 Å². The van der Waals surface area contributed by atoms with Gasteiger partial charge >= 0.3 is 0 Å². The second kappa shape index (κ2) is 4.94. The zero-order valence-electron chi connectivity index (χ0n) is 10.6. The van der Waals surface area contributed by atoms with Crippen molar-refractivity contribution in [3.8, 4) is 0 Å². The SMILES string of the molecule is Cc1cc([N+](=O)[O-])ccc1NC1(CN)CCCC1. The highest BCUT2D eigenvalue weighted by atomic mass is 16.6. The summed E-state index contributed by atoms with van der Waals surface area (Å²) < 4.78 is 0. The van der Waals surface area contributed by atoms with Crippen LogP contribution in [0.2, 0.25) is 0 Å². The first-order valence-corrected chi connectivity index (χ1v) is 6.30. The number of hydrogen-bond donors (Lipinski definition) is 2. The van der Waals surface area contributed by atoms with Crippen molar-refractivity contribution in [1.29, 1.82) is 0 Å². The fraction of sp³-hybridized carbons (Fsp3) is 0.538. The minimum atomic E-state index is -0.370. The number of rotatable bonds is 4. The Balaban J connectivity index is 2.21. The van der Waals surface area contributed by atoms with Gasteiger partial charge in [-0.2, -0.15) is 0 Å². The molecule has 3 N–H and O–H groups in total. The molecule has 2 rings (SSSR count). The van der Waals surface area contributed by atoms with E-state index in [1.165, 1.54) is 18.9 Å². The number of anilines is 1. The lowest BCUT2D eigenvalue weighted by atomic mass is 9.96. The van der Waals surface area contributed by atoms with Crippen LogP contribution >= 0.6 is 0 Å². The van der Waals surface area contributed by atoms with E-state index < -0.39 is 0 Å². The highest BCUT2D eigenvalue weighted by Gasteiger charge is 2.32. The fourth-order valence-corrected chi connectivity index (χ4v) is 2.62. The number of nitro benzene ring substituents is 1. The third-order valence-corrected chi connectivity index (χ3v) is 3.77. The Labute approximate surface area is 107 Å². The van der Waals surface area contributed by atoms with Gasteiger partial charge in [-0.25, -0.2) is 0 Å². The zero-order valence-corrected chi connectivity index (χ0v) is 10.6. The van der Waals surface area contributed by atoms with Crippen LogP contribution in [-0.2, 0) is 0 Å². The summed E-state index contributed by atoms with van der Waals surface area (Å²) in [6.45, 7) is 2.48. The molecule has 1 aromatic carbocycles. The quantitative estimate of drug-likeness (QED) is 0.634. The highest BCUT2D eigenvalue weighted by Crippen LogP contribution is 2.33. The molecule has 0 aromatic heterocycles. The molecular formula is C13H19N3O2. The molecule has 0 amide bonds. The number of hydrogen-bond acceptors (Lipinski definition) is 4. The van der Waals surface area contributed by atoms with E-state index in [-0.39, 0.29) is 16.1 Å². The Hall–Kier alpha value is -1.62. The first-order chi connectivity index (χ1) is 8.56. The third-order valence-electron chi connectivity index (χ3n) is 3.77. The number of benzene rings is 1. The number of nitrogens with zero attached hydrogens (tertiary/aromatic N) is 1. The van der Waals surface area contributed by atoms with Crippen molar-refractivity contribution in [3.63, 3.8) is 0 Å². The second-order valence-corrected chi connectivity index (χ2v) is 5.07. The van der Waals surface area contributed by atoms with Gasteiger partial charge in [0.15, 0.2) is 0 Å². The minimum Gasteiger partial charge on any atom is -0.378 e. The summed E-state index contributed by atoms with van der Waals surface area (Å²) in [6.07, 6.45) is 4.52. The lowest BCUT2D eigenvalue weighted by Gasteiger charge is -2.30. The summed E-state index contributed by atoms with van der Waals surface area (Å²) in [5.41, 5.74) is 7.82. The van der Waals surface area contributed by atoms with Gasteiger partial charge in [0.2, 0.25) is 0 Å². The van der Waals surface area contributed by atoms with Crippen molar-refractivity contribution >= 4 is 11.4 Å². The van der Waals surface area contributed by atoms with Crippen molar-refractivity contribution in [2.24, 2.45) is 5.73 Å². The third kappa shape index (κ3) is 2.46. The van der Waals surface area contributed by atoms with E-state index in [4.69, 9.17) is 5.73 Å². The molecule has 1 saturated carbocycles. The predicted molar refractivity (Wildman–Crippen MR) is 71.7 cm³/mol. The van der Waals surface area contributed by atoms with Crippen LogP contribution in [0.4, 0.5) is 11.4 Å². The summed E-state index contributed by atoms with van der Waals surface area (Å²) in [7, 11) is 0. The molecule has 1 aliphatic carbocycles. The summed E-state index contributed by atoms with van der Waals surface area (Å²) in [4.78, 5) is 10.3. The molecule has 18 heavy (non-hydrogen) atoms. The molecule has 98 valence electrons. The van der Waals surface area contributed by atoms with Gasteiger partial charge in [0.1, 0.15) is 0 Å². The largest absolute Gasteiger partial charge is 0.378 e. The van der Waals surface area contributed by atoms with Gasteiger partial charge in [0, 0.05) is 29.9 Å². The van der Waals surface area contributed by atoms with Crippen molar-refractivity contribution in [2.75, 3.05) is 11.9 Å². The van der Waals surface area contributed by atoms with Crippen LogP contribution in [0.25, 0.3) is 0 Å². The normalized spacial score (nSPS) is 17.7. The Morgan fingerprint density at radius 2 is 2.11 bits per heavy atom. The zero-order chi connectivity index (χ0) is 13.2. The molecule has 0 spiro atoms. The van der Waals surface area contributed by atoms with Gasteiger partial charge in [-0.3, -0.25) is 10.1 Å². The molecule has 0 saturated heterocycles. The number of nitrogens with two attached hydrogens (primary N) is 1. The van der Waals surface area contributed by atoms with Crippen LogP contribution in [-0.4, -0.2) is 17.0 Å². The van der Waals surface area contributed by atoms with Crippen molar-refractivity contribution in [2.45, 2.75) is 38.1 Å². The molecule has 0 radical (unpaired) electrons. The predicted octanol–water partition coefficient (Wildman–Crippen LogP) is 2.59. The van der Waals surface area contributed by atoms with Crippen LogP contribution < -0.4 is 11.1 Å². The van der Waals surface area contributed by atoms with E-state index in [9.17, 15) is 10.1 Å². The molecule has 1 aromatic rings. The van der Waals surface area contributed by atoms with Gasteiger partial charge in [-0.15, -0.1) is 0 Å². The van der Waals surface area contributed by atoms with Gasteiger partial charge in [-0.1, -0.05) is 12.8 Å². The molecule has 0 heterocycles. The second-order valence-electron chi connectivity index (χ2n) is 5.07. The highest BCUT2D eigenvalue weighted by molar-refractivity contribution is 5.57. The van der Waals surface area contributed by atoms with E-state index in [1.807, 2.05) is 6.92 Å². The van der Waals surface area contributed by atoms with E-state index in [0.717, 1.165) is 24.1 Å². The number of aryl methyl sites for hydroxylation is 1. The van der Waals surface area contributed by atoms with Gasteiger partial charge in [-0.05, 0) is 31.4 Å². The molecule has 1 fully saturated rings. The maximum Gasteiger partial charge on any atom is 0.269 e. The van der Waals surface area contributed by atoms with E-state index >= 15 is 0 Å². The molecule has 0 bridgehead atoms. The van der Waals surface area contributed by atoms with E-state index in [2.05, 4.69) is 5.32 Å². The maximum absolute atomic E-state index is 10.7. The molecule has 0 atom stereocenters. The average Bonchev–Trinajstić information content (AvgIpc) is 2.81. The monoisotopic (exact) mass is 249 g/mol. The molecule has 5 nitrogen and oxygen atoms in total. The Bertz CT molecular complexity index is 454. The van der Waals surface area contributed by atoms with Crippen molar-refractivity contribution < 1.29 is 4.92 Å². The first-order valence-electron chi connectivity index (χ1n) is 6.30. The lowest BCUT2D eigenvalue weighted by Crippen LogP contribution is -2.42. The van der Waals surface area contributed by atoms with Crippen molar-refractivity contribution in [1.82, 2.24) is 0 Å². The number of non-ortho nitro benzene ring substituents is 1. The Morgan fingerprint density at radius 1 is 1.44 bits per heavy atom. The summed E-state index contributed by atoms with van der Waals surface area (Å²) in [5.74, 6) is 0. The molecule has 0 unspecified atom stereocenters. The van der Waals surface area contributed by atoms with Crippen LogP contribution in [0.3, 0.4) is 0 Å². The maximum atomic E-state index is 10.7. The standard InChI is InChI=1S/C13H19N3O2/c1-10-8-11(16(17)18)4-5-12(10)15-13(9-14)6-2-3-7-13/h4-5,8,15H,2-3,6-7,9,14H2,1H3. The molecule has 0 aliphatic heterocycles. The molecular weight excluding hydrogens is 230 g/mol. The van der Waals surface area contributed by atoms with Crippen LogP contribution in [0, 0.1) is 17.0 Å². The number of nitro groups is 1. The van der Waals surface area contributed by atoms with Crippen molar-refractivity contribution in [3.05, 3.63) is 33.9 Å². The Morgan fingerprint density at radius 3 is 2.61 bits per heavy atom. The molecule has 5 heteroatoms. The van der Waals surface area contributed by atoms with Crippen LogP contribution in [0.5, 0.6) is 0 Å². The smallest absolute Gasteiger partial charge is 0.269 e.